The van der Waals surface area contributed by atoms with E-state index >= 15 is 0 Å². The molecular formula is C16H26ClNO3. The molecule has 0 heterocycles. The molecule has 1 N–H and O–H groups in total. The van der Waals surface area contributed by atoms with Gasteiger partial charge in [-0.25, -0.2) is 0 Å². The molecular weight excluding hydrogens is 290 g/mol. The Morgan fingerprint density at radius 2 is 1.62 bits per heavy atom. The molecule has 1 aromatic carbocycles. The zero-order chi connectivity index (χ0) is 15.3. The van der Waals surface area contributed by atoms with Crippen LogP contribution in [0, 0.1) is 0 Å². The minimum Gasteiger partial charge on any atom is -0.382 e. The highest BCUT2D eigenvalue weighted by Crippen LogP contribution is 2.21. The van der Waals surface area contributed by atoms with Crippen molar-refractivity contribution in [3.63, 3.8) is 0 Å². The fourth-order valence-corrected chi connectivity index (χ4v) is 2.18. The third kappa shape index (κ3) is 8.39. The van der Waals surface area contributed by atoms with Crippen molar-refractivity contribution in [2.45, 2.75) is 12.3 Å². The highest BCUT2D eigenvalue weighted by molar-refractivity contribution is 6.30. The van der Waals surface area contributed by atoms with E-state index in [1.807, 2.05) is 19.2 Å². The quantitative estimate of drug-likeness (QED) is 0.602. The molecule has 1 aromatic rings. The Bertz CT molecular complexity index is 359. The average Bonchev–Trinajstić information content (AvgIpc) is 2.50. The summed E-state index contributed by atoms with van der Waals surface area (Å²) < 4.78 is 15.9. The Labute approximate surface area is 132 Å². The summed E-state index contributed by atoms with van der Waals surface area (Å²) in [5.41, 5.74) is 1.29. The standard InChI is InChI=1S/C16H26ClNO3/c1-18-13-15(14-3-5-16(17)6-4-14)7-8-20-11-12-21-10-9-19-2/h3-6,15,18H,7-13H2,1-2H3. The minimum atomic E-state index is 0.432. The van der Waals surface area contributed by atoms with Gasteiger partial charge in [0.1, 0.15) is 0 Å². The summed E-state index contributed by atoms with van der Waals surface area (Å²) in [5, 5.41) is 4.00. The van der Waals surface area contributed by atoms with E-state index in [1.165, 1.54) is 5.56 Å². The van der Waals surface area contributed by atoms with Gasteiger partial charge in [0.25, 0.3) is 0 Å². The van der Waals surface area contributed by atoms with Gasteiger partial charge in [0.15, 0.2) is 0 Å². The molecule has 1 unspecified atom stereocenters. The van der Waals surface area contributed by atoms with E-state index in [0.29, 0.717) is 32.3 Å². The van der Waals surface area contributed by atoms with E-state index in [1.54, 1.807) is 7.11 Å². The van der Waals surface area contributed by atoms with Crippen molar-refractivity contribution in [2.75, 3.05) is 53.7 Å². The Morgan fingerprint density at radius 1 is 1.00 bits per heavy atom. The second-order valence-corrected chi connectivity index (χ2v) is 5.25. The van der Waals surface area contributed by atoms with Gasteiger partial charge in [0.2, 0.25) is 0 Å². The molecule has 0 aliphatic rings. The van der Waals surface area contributed by atoms with Crippen LogP contribution in [0.3, 0.4) is 0 Å². The van der Waals surface area contributed by atoms with Crippen molar-refractivity contribution in [3.8, 4) is 0 Å². The van der Waals surface area contributed by atoms with Crippen molar-refractivity contribution in [1.29, 1.82) is 0 Å². The molecule has 4 nitrogen and oxygen atoms in total. The maximum atomic E-state index is 5.93. The first kappa shape index (κ1) is 18.4. The Hall–Kier alpha value is -0.650. The molecule has 0 aliphatic carbocycles. The van der Waals surface area contributed by atoms with Gasteiger partial charge in [-0.15, -0.1) is 0 Å². The van der Waals surface area contributed by atoms with Crippen LogP contribution in [0.1, 0.15) is 17.9 Å². The van der Waals surface area contributed by atoms with Crippen molar-refractivity contribution in [3.05, 3.63) is 34.9 Å². The van der Waals surface area contributed by atoms with Gasteiger partial charge in [0.05, 0.1) is 26.4 Å². The third-order valence-electron chi connectivity index (χ3n) is 3.21. The molecule has 5 heteroatoms. The molecule has 0 bridgehead atoms. The summed E-state index contributed by atoms with van der Waals surface area (Å²) in [7, 11) is 3.63. The van der Waals surface area contributed by atoms with Gasteiger partial charge in [0, 0.05) is 25.3 Å². The van der Waals surface area contributed by atoms with Gasteiger partial charge in [-0.2, -0.15) is 0 Å². The second kappa shape index (κ2) is 12.0. The SMILES string of the molecule is CNCC(CCOCCOCCOC)c1ccc(Cl)cc1. The summed E-state index contributed by atoms with van der Waals surface area (Å²) in [6, 6.07) is 8.03. The zero-order valence-corrected chi connectivity index (χ0v) is 13.7. The smallest absolute Gasteiger partial charge is 0.0701 e. The molecule has 1 rings (SSSR count). The number of halogens is 1. The summed E-state index contributed by atoms with van der Waals surface area (Å²) in [5.74, 6) is 0.432. The number of nitrogens with one attached hydrogen (secondary N) is 1. The maximum Gasteiger partial charge on any atom is 0.0701 e. The monoisotopic (exact) mass is 315 g/mol. The van der Waals surface area contributed by atoms with E-state index in [9.17, 15) is 0 Å². The molecule has 0 spiro atoms. The first-order valence-corrected chi connectivity index (χ1v) is 7.70. The zero-order valence-electron chi connectivity index (χ0n) is 12.9. The number of benzene rings is 1. The molecule has 0 saturated heterocycles. The number of hydrogen-bond donors (Lipinski definition) is 1. The van der Waals surface area contributed by atoms with Crippen LogP contribution in [0.2, 0.25) is 5.02 Å². The lowest BCUT2D eigenvalue weighted by Crippen LogP contribution is -2.19. The van der Waals surface area contributed by atoms with Gasteiger partial charge >= 0.3 is 0 Å². The Balaban J connectivity index is 2.21. The van der Waals surface area contributed by atoms with E-state index < -0.39 is 0 Å². The number of methoxy groups -OCH3 is 1. The van der Waals surface area contributed by atoms with Gasteiger partial charge in [-0.1, -0.05) is 23.7 Å². The highest BCUT2D eigenvalue weighted by Gasteiger charge is 2.10. The number of ether oxygens (including phenoxy) is 3. The molecule has 0 amide bonds. The van der Waals surface area contributed by atoms with E-state index in [0.717, 1.165) is 24.6 Å². The Kier molecular flexibility index (Phi) is 10.5. The molecule has 0 aromatic heterocycles. The molecule has 0 fully saturated rings. The first-order chi connectivity index (χ1) is 10.3. The fourth-order valence-electron chi connectivity index (χ4n) is 2.06. The number of rotatable bonds is 12. The Morgan fingerprint density at radius 3 is 2.24 bits per heavy atom. The number of hydrogen-bond acceptors (Lipinski definition) is 4. The van der Waals surface area contributed by atoms with Crippen LogP contribution < -0.4 is 5.32 Å². The normalized spacial score (nSPS) is 12.5. The van der Waals surface area contributed by atoms with Crippen molar-refractivity contribution >= 4 is 11.6 Å². The van der Waals surface area contributed by atoms with Gasteiger partial charge in [-0.05, 0) is 37.1 Å². The van der Waals surface area contributed by atoms with Crippen molar-refractivity contribution < 1.29 is 14.2 Å². The molecule has 21 heavy (non-hydrogen) atoms. The predicted octanol–water partition coefficient (Wildman–Crippen LogP) is 2.71. The summed E-state index contributed by atoms with van der Waals surface area (Å²) in [6.07, 6.45) is 0.973. The summed E-state index contributed by atoms with van der Waals surface area (Å²) in [6.45, 7) is 4.13. The van der Waals surface area contributed by atoms with Gasteiger partial charge in [-0.3, -0.25) is 0 Å². The van der Waals surface area contributed by atoms with Crippen LogP contribution in [0.5, 0.6) is 0 Å². The topological polar surface area (TPSA) is 39.7 Å². The van der Waals surface area contributed by atoms with E-state index in [-0.39, 0.29) is 0 Å². The summed E-state index contributed by atoms with van der Waals surface area (Å²) >= 11 is 5.93. The second-order valence-electron chi connectivity index (χ2n) is 4.81. The summed E-state index contributed by atoms with van der Waals surface area (Å²) in [4.78, 5) is 0. The van der Waals surface area contributed by atoms with E-state index in [2.05, 4.69) is 17.4 Å². The van der Waals surface area contributed by atoms with Crippen molar-refractivity contribution in [2.24, 2.45) is 0 Å². The molecule has 1 atom stereocenters. The first-order valence-electron chi connectivity index (χ1n) is 7.32. The molecule has 0 radical (unpaired) electrons. The van der Waals surface area contributed by atoms with Crippen LogP contribution in [-0.4, -0.2) is 53.7 Å². The average molecular weight is 316 g/mol. The lowest BCUT2D eigenvalue weighted by molar-refractivity contribution is 0.0233. The molecule has 0 saturated carbocycles. The third-order valence-corrected chi connectivity index (χ3v) is 3.46. The fraction of sp³-hybridized carbons (Fsp3) is 0.625. The van der Waals surface area contributed by atoms with E-state index in [4.69, 9.17) is 25.8 Å². The maximum absolute atomic E-state index is 5.93. The van der Waals surface area contributed by atoms with Crippen LogP contribution in [0.15, 0.2) is 24.3 Å². The van der Waals surface area contributed by atoms with Crippen LogP contribution in [-0.2, 0) is 14.2 Å². The number of likely N-dealkylation sites (N-methyl/N-ethyl adjacent to an activating group) is 1. The molecule has 0 aliphatic heterocycles. The van der Waals surface area contributed by atoms with Crippen LogP contribution in [0.4, 0.5) is 0 Å². The highest BCUT2D eigenvalue weighted by atomic mass is 35.5. The van der Waals surface area contributed by atoms with Crippen LogP contribution in [0.25, 0.3) is 0 Å². The van der Waals surface area contributed by atoms with Gasteiger partial charge < -0.3 is 19.5 Å². The minimum absolute atomic E-state index is 0.432. The lowest BCUT2D eigenvalue weighted by Gasteiger charge is -2.17. The van der Waals surface area contributed by atoms with Crippen molar-refractivity contribution in [1.82, 2.24) is 5.32 Å². The van der Waals surface area contributed by atoms with Crippen LogP contribution >= 0.6 is 11.6 Å². The largest absolute Gasteiger partial charge is 0.382 e. The lowest BCUT2D eigenvalue weighted by atomic mass is 9.96. The predicted molar refractivity (Wildman–Crippen MR) is 86.3 cm³/mol. The molecule has 120 valence electrons.